The smallest absolute Gasteiger partial charge is 0.262 e. The number of benzene rings is 2. The first-order chi connectivity index (χ1) is 16.1. The average Bonchev–Trinajstić information content (AvgIpc) is 3.50. The second kappa shape index (κ2) is 9.41. The second-order valence-electron chi connectivity index (χ2n) is 9.56. The van der Waals surface area contributed by atoms with Crippen molar-refractivity contribution in [2.75, 3.05) is 24.4 Å². The summed E-state index contributed by atoms with van der Waals surface area (Å²) < 4.78 is 28.6. The SMILES string of the molecule is Cc1cc(C)c(S(=O)(=O)Nc2ccc(C3(C(=O)NCCCN4CCCC4=O)CC3)cc2)cc1C. The zero-order valence-corrected chi connectivity index (χ0v) is 20.9. The van der Waals surface area contributed by atoms with Gasteiger partial charge in [-0.25, -0.2) is 8.42 Å². The van der Waals surface area contributed by atoms with Crippen LogP contribution < -0.4 is 10.0 Å². The van der Waals surface area contributed by atoms with Crippen molar-refractivity contribution >= 4 is 27.5 Å². The van der Waals surface area contributed by atoms with Gasteiger partial charge >= 0.3 is 0 Å². The Labute approximate surface area is 202 Å². The van der Waals surface area contributed by atoms with E-state index in [0.717, 1.165) is 48.9 Å². The molecule has 2 N–H and O–H groups in total. The molecule has 7 nitrogen and oxygen atoms in total. The van der Waals surface area contributed by atoms with Gasteiger partial charge in [0.1, 0.15) is 0 Å². The number of hydrogen-bond donors (Lipinski definition) is 2. The highest BCUT2D eigenvalue weighted by molar-refractivity contribution is 7.92. The van der Waals surface area contributed by atoms with Crippen molar-refractivity contribution in [3.05, 3.63) is 58.7 Å². The van der Waals surface area contributed by atoms with Crippen LogP contribution in [0.4, 0.5) is 5.69 Å². The van der Waals surface area contributed by atoms with E-state index in [0.29, 0.717) is 30.8 Å². The van der Waals surface area contributed by atoms with E-state index in [4.69, 9.17) is 0 Å². The van der Waals surface area contributed by atoms with Crippen LogP contribution in [-0.4, -0.2) is 44.8 Å². The lowest BCUT2D eigenvalue weighted by molar-refractivity contribution is -0.127. The molecule has 0 unspecified atom stereocenters. The predicted octanol–water partition coefficient (Wildman–Crippen LogP) is 3.57. The minimum absolute atomic E-state index is 0.000616. The lowest BCUT2D eigenvalue weighted by atomic mass is 9.95. The number of amides is 2. The number of nitrogens with zero attached hydrogens (tertiary/aromatic N) is 1. The van der Waals surface area contributed by atoms with Crippen LogP contribution in [0.2, 0.25) is 0 Å². The fourth-order valence-electron chi connectivity index (χ4n) is 4.64. The predicted molar refractivity (Wildman–Crippen MR) is 132 cm³/mol. The molecule has 1 aliphatic carbocycles. The number of carbonyl (C=O) groups excluding carboxylic acids is 2. The molecule has 0 spiro atoms. The average molecular weight is 484 g/mol. The zero-order chi connectivity index (χ0) is 24.5. The van der Waals surface area contributed by atoms with E-state index < -0.39 is 15.4 Å². The van der Waals surface area contributed by atoms with Gasteiger partial charge < -0.3 is 10.2 Å². The maximum Gasteiger partial charge on any atom is 0.262 e. The van der Waals surface area contributed by atoms with Gasteiger partial charge in [0.2, 0.25) is 11.8 Å². The van der Waals surface area contributed by atoms with Crippen LogP contribution in [0.3, 0.4) is 0 Å². The van der Waals surface area contributed by atoms with E-state index in [-0.39, 0.29) is 16.7 Å². The Bertz CT molecular complexity index is 1200. The third kappa shape index (κ3) is 4.97. The zero-order valence-electron chi connectivity index (χ0n) is 20.1. The van der Waals surface area contributed by atoms with Gasteiger partial charge in [0.05, 0.1) is 10.3 Å². The highest BCUT2D eigenvalue weighted by Crippen LogP contribution is 2.48. The number of rotatable bonds is 9. The van der Waals surface area contributed by atoms with Gasteiger partial charge in [-0.2, -0.15) is 0 Å². The second-order valence-corrected chi connectivity index (χ2v) is 11.2. The molecule has 1 aliphatic heterocycles. The minimum atomic E-state index is -3.72. The van der Waals surface area contributed by atoms with Crippen LogP contribution in [0.15, 0.2) is 41.3 Å². The highest BCUT2D eigenvalue weighted by atomic mass is 32.2. The number of hydrogen-bond acceptors (Lipinski definition) is 4. The molecule has 34 heavy (non-hydrogen) atoms. The summed E-state index contributed by atoms with van der Waals surface area (Å²) in [6, 6.07) is 10.7. The van der Waals surface area contributed by atoms with Crippen molar-refractivity contribution in [2.24, 2.45) is 0 Å². The molecule has 1 saturated carbocycles. The van der Waals surface area contributed by atoms with E-state index >= 15 is 0 Å². The number of anilines is 1. The third-order valence-electron chi connectivity index (χ3n) is 7.02. The van der Waals surface area contributed by atoms with Crippen LogP contribution in [0.5, 0.6) is 0 Å². The van der Waals surface area contributed by atoms with Crippen molar-refractivity contribution in [1.29, 1.82) is 0 Å². The van der Waals surface area contributed by atoms with Crippen molar-refractivity contribution < 1.29 is 18.0 Å². The first-order valence-corrected chi connectivity index (χ1v) is 13.4. The number of likely N-dealkylation sites (tertiary alicyclic amines) is 1. The van der Waals surface area contributed by atoms with Crippen LogP contribution in [0.1, 0.15) is 54.4 Å². The number of sulfonamides is 1. The Kier molecular flexibility index (Phi) is 6.71. The van der Waals surface area contributed by atoms with Crippen LogP contribution >= 0.6 is 0 Å². The summed E-state index contributed by atoms with van der Waals surface area (Å²) >= 11 is 0. The monoisotopic (exact) mass is 483 g/mol. The van der Waals surface area contributed by atoms with E-state index in [9.17, 15) is 18.0 Å². The molecule has 182 valence electrons. The Balaban J connectivity index is 1.36. The number of nitrogens with one attached hydrogen (secondary N) is 2. The molecule has 1 saturated heterocycles. The lowest BCUT2D eigenvalue weighted by Crippen LogP contribution is -2.36. The molecule has 1 heterocycles. The van der Waals surface area contributed by atoms with Crippen LogP contribution in [0, 0.1) is 20.8 Å². The first-order valence-electron chi connectivity index (χ1n) is 11.9. The van der Waals surface area contributed by atoms with Crippen molar-refractivity contribution in [3.63, 3.8) is 0 Å². The van der Waals surface area contributed by atoms with Gasteiger partial charge in [0.25, 0.3) is 10.0 Å². The van der Waals surface area contributed by atoms with E-state index in [1.54, 1.807) is 25.1 Å². The highest BCUT2D eigenvalue weighted by Gasteiger charge is 2.51. The standard InChI is InChI=1S/C26H33N3O4S/c1-18-16-20(3)23(17-19(18)2)34(32,33)28-22-9-7-21(8-10-22)26(11-12-26)25(31)27-13-5-15-29-14-4-6-24(29)30/h7-10,16-17,28H,4-6,11-15H2,1-3H3,(H,27,31). The Hall–Kier alpha value is -2.87. The Morgan fingerprint density at radius 2 is 1.71 bits per heavy atom. The van der Waals surface area contributed by atoms with Gasteiger partial charge in [-0.15, -0.1) is 0 Å². The summed E-state index contributed by atoms with van der Waals surface area (Å²) in [6.45, 7) is 7.69. The molecule has 2 aromatic carbocycles. The summed E-state index contributed by atoms with van der Waals surface area (Å²) in [5.74, 6) is 0.202. The first kappa shape index (κ1) is 24.3. The molecule has 2 aromatic rings. The molecule has 2 fully saturated rings. The third-order valence-corrected chi connectivity index (χ3v) is 8.54. The van der Waals surface area contributed by atoms with E-state index in [2.05, 4.69) is 10.0 Å². The molecular formula is C26H33N3O4S. The van der Waals surface area contributed by atoms with Crippen LogP contribution in [0.25, 0.3) is 0 Å². The molecule has 0 bridgehead atoms. The van der Waals surface area contributed by atoms with Crippen molar-refractivity contribution in [2.45, 2.75) is 63.2 Å². The lowest BCUT2D eigenvalue weighted by Gasteiger charge is -2.18. The molecule has 0 atom stereocenters. The van der Waals surface area contributed by atoms with E-state index in [1.165, 1.54) is 0 Å². The van der Waals surface area contributed by atoms with Gasteiger partial charge in [-0.3, -0.25) is 14.3 Å². The molecule has 2 aliphatic rings. The normalized spacial score (nSPS) is 17.0. The maximum absolute atomic E-state index is 13.0. The van der Waals surface area contributed by atoms with Crippen molar-refractivity contribution in [3.8, 4) is 0 Å². The Morgan fingerprint density at radius 3 is 2.32 bits per heavy atom. The summed E-state index contributed by atoms with van der Waals surface area (Å²) in [4.78, 5) is 26.7. The minimum Gasteiger partial charge on any atom is -0.355 e. The van der Waals surface area contributed by atoms with Crippen LogP contribution in [-0.2, 0) is 25.0 Å². The van der Waals surface area contributed by atoms with Gasteiger partial charge in [-0.05, 0) is 86.9 Å². The molecule has 0 aromatic heterocycles. The fraction of sp³-hybridized carbons (Fsp3) is 0.462. The topological polar surface area (TPSA) is 95.6 Å². The quantitative estimate of drug-likeness (QED) is 0.533. The summed E-state index contributed by atoms with van der Waals surface area (Å²) in [5, 5.41) is 3.02. The summed E-state index contributed by atoms with van der Waals surface area (Å²) in [6.07, 6.45) is 3.84. The molecule has 0 radical (unpaired) electrons. The summed E-state index contributed by atoms with van der Waals surface area (Å²) in [7, 11) is -3.72. The maximum atomic E-state index is 13.0. The van der Waals surface area contributed by atoms with Crippen molar-refractivity contribution in [1.82, 2.24) is 10.2 Å². The summed E-state index contributed by atoms with van der Waals surface area (Å²) in [5.41, 5.74) is 3.51. The van der Waals surface area contributed by atoms with Gasteiger partial charge in [0, 0.05) is 31.7 Å². The molecular weight excluding hydrogens is 450 g/mol. The molecule has 2 amide bonds. The molecule has 4 rings (SSSR count). The van der Waals surface area contributed by atoms with Gasteiger partial charge in [0.15, 0.2) is 0 Å². The van der Waals surface area contributed by atoms with Gasteiger partial charge in [-0.1, -0.05) is 18.2 Å². The largest absolute Gasteiger partial charge is 0.355 e. The molecule has 8 heteroatoms. The number of aryl methyl sites for hydroxylation is 3. The van der Waals surface area contributed by atoms with E-state index in [1.807, 2.05) is 36.9 Å². The Morgan fingerprint density at radius 1 is 1.03 bits per heavy atom. The fourth-order valence-corrected chi connectivity index (χ4v) is 6.02. The number of carbonyl (C=O) groups is 2.